The second-order valence-electron chi connectivity index (χ2n) is 8.70. The van der Waals surface area contributed by atoms with Crippen LogP contribution in [0.2, 0.25) is 0 Å². The van der Waals surface area contributed by atoms with Gasteiger partial charge in [-0.3, -0.25) is 0 Å². The Kier molecular flexibility index (Phi) is 6.56. The third-order valence-corrected chi connectivity index (χ3v) is 5.83. The van der Waals surface area contributed by atoms with E-state index in [4.69, 9.17) is 29.0 Å². The average Bonchev–Trinajstić information content (AvgIpc) is 2.51. The van der Waals surface area contributed by atoms with Gasteiger partial charge in [0.2, 0.25) is 0 Å². The first-order valence-corrected chi connectivity index (χ1v) is 10.3. The van der Waals surface area contributed by atoms with Gasteiger partial charge in [0.1, 0.15) is 11.4 Å². The predicted molar refractivity (Wildman–Crippen MR) is 104 cm³/mol. The van der Waals surface area contributed by atoms with Crippen LogP contribution < -0.4 is 4.74 Å². The van der Waals surface area contributed by atoms with Crippen LogP contribution in [-0.4, -0.2) is 33.2 Å². The lowest BCUT2D eigenvalue weighted by Crippen LogP contribution is -2.53. The van der Waals surface area contributed by atoms with E-state index in [9.17, 15) is 0 Å². The Bertz CT molecular complexity index is 709. The molecule has 1 aromatic rings. The number of nitrogens with zero attached hydrogens (tertiary/aromatic N) is 1. The molecule has 6 nitrogen and oxygen atoms in total. The molecule has 0 saturated carbocycles. The molecular weight excluding hydrogens is 365 g/mol. The molecule has 0 aromatic heterocycles. The summed E-state index contributed by atoms with van der Waals surface area (Å²) in [6, 6.07) is 7.70. The first-order valence-electron chi connectivity index (χ1n) is 9.09. The minimum Gasteiger partial charge on any atom is -0.487 e. The zero-order valence-corrected chi connectivity index (χ0v) is 17.8. The van der Waals surface area contributed by atoms with Gasteiger partial charge in [0, 0.05) is 5.92 Å². The summed E-state index contributed by atoms with van der Waals surface area (Å²) in [6.07, 6.45) is 1.28. The standard InChI is InChI=1S/C20H30NO5P/c1-18(2,26-27(22)23)9-10-24-19(3,4)17-12-15-11-14(13-21)7-8-16(15)25-20(17,5)6/h7-8,11,17,22-23H,9-10,12H2,1-6H3. The Morgan fingerprint density at radius 2 is 1.96 bits per heavy atom. The van der Waals surface area contributed by atoms with Crippen LogP contribution in [0.3, 0.4) is 0 Å². The third-order valence-electron chi connectivity index (χ3n) is 5.17. The van der Waals surface area contributed by atoms with Crippen molar-refractivity contribution in [2.45, 2.75) is 71.2 Å². The monoisotopic (exact) mass is 395 g/mol. The molecule has 0 aliphatic carbocycles. The second-order valence-corrected chi connectivity index (χ2v) is 9.39. The highest BCUT2D eigenvalue weighted by molar-refractivity contribution is 7.39. The molecule has 1 unspecified atom stereocenters. The molecule has 0 fully saturated rings. The van der Waals surface area contributed by atoms with E-state index < -0.39 is 25.4 Å². The number of benzene rings is 1. The van der Waals surface area contributed by atoms with Gasteiger partial charge in [0.05, 0.1) is 29.4 Å². The number of fused-ring (bicyclic) bond motifs is 1. The van der Waals surface area contributed by atoms with E-state index in [1.54, 1.807) is 19.9 Å². The quantitative estimate of drug-likeness (QED) is 0.676. The zero-order chi connectivity index (χ0) is 20.5. The molecule has 1 aromatic carbocycles. The fourth-order valence-corrected chi connectivity index (χ4v) is 4.27. The van der Waals surface area contributed by atoms with Gasteiger partial charge in [-0.05, 0) is 78.1 Å². The number of hydrogen-bond acceptors (Lipinski definition) is 6. The van der Waals surface area contributed by atoms with E-state index in [2.05, 4.69) is 19.9 Å². The highest BCUT2D eigenvalue weighted by atomic mass is 31.2. The first kappa shape index (κ1) is 22.1. The lowest BCUT2D eigenvalue weighted by atomic mass is 9.73. The van der Waals surface area contributed by atoms with Crippen molar-refractivity contribution in [3.05, 3.63) is 29.3 Å². The van der Waals surface area contributed by atoms with Crippen LogP contribution in [0.25, 0.3) is 0 Å². The molecular formula is C20H30NO5P. The number of rotatable bonds is 7. The average molecular weight is 395 g/mol. The maximum atomic E-state index is 9.16. The number of ether oxygens (including phenoxy) is 2. The van der Waals surface area contributed by atoms with Crippen LogP contribution in [0.1, 0.15) is 59.1 Å². The molecule has 7 heteroatoms. The smallest absolute Gasteiger partial charge is 0.327 e. The van der Waals surface area contributed by atoms with E-state index in [-0.39, 0.29) is 5.92 Å². The number of nitriles is 1. The molecule has 2 N–H and O–H groups in total. The van der Waals surface area contributed by atoms with Crippen LogP contribution in [0, 0.1) is 17.2 Å². The molecule has 1 aliphatic heterocycles. The topological polar surface area (TPSA) is 91.9 Å². The van der Waals surface area contributed by atoms with Crippen LogP contribution in [0.5, 0.6) is 5.75 Å². The molecule has 0 saturated heterocycles. The first-order chi connectivity index (χ1) is 12.4. The molecule has 2 rings (SSSR count). The Hall–Kier alpha value is -1.22. The maximum absolute atomic E-state index is 9.16. The molecule has 0 spiro atoms. The third kappa shape index (κ3) is 5.63. The van der Waals surface area contributed by atoms with E-state index in [0.29, 0.717) is 18.6 Å². The Morgan fingerprint density at radius 3 is 2.56 bits per heavy atom. The van der Waals surface area contributed by atoms with Gasteiger partial charge in [0.15, 0.2) is 0 Å². The summed E-state index contributed by atoms with van der Waals surface area (Å²) in [4.78, 5) is 18.1. The molecule has 1 atom stereocenters. The fraction of sp³-hybridized carbons (Fsp3) is 0.650. The van der Waals surface area contributed by atoms with Crippen molar-refractivity contribution in [1.29, 1.82) is 5.26 Å². The largest absolute Gasteiger partial charge is 0.487 e. The molecule has 1 aliphatic rings. The van der Waals surface area contributed by atoms with E-state index >= 15 is 0 Å². The Balaban J connectivity index is 2.11. The summed E-state index contributed by atoms with van der Waals surface area (Å²) in [5.41, 5.74) is 0.0467. The zero-order valence-electron chi connectivity index (χ0n) is 16.9. The van der Waals surface area contributed by atoms with Crippen LogP contribution in [0.4, 0.5) is 0 Å². The molecule has 150 valence electrons. The van der Waals surface area contributed by atoms with Crippen molar-refractivity contribution < 1.29 is 23.8 Å². The summed E-state index contributed by atoms with van der Waals surface area (Å²) in [5.74, 6) is 0.892. The highest BCUT2D eigenvalue weighted by Crippen LogP contribution is 2.43. The van der Waals surface area contributed by atoms with Gasteiger partial charge in [-0.25, -0.2) is 0 Å². The van der Waals surface area contributed by atoms with Crippen LogP contribution in [0.15, 0.2) is 18.2 Å². The van der Waals surface area contributed by atoms with Crippen molar-refractivity contribution in [2.75, 3.05) is 6.61 Å². The summed E-state index contributed by atoms with van der Waals surface area (Å²) < 4.78 is 17.6. The predicted octanol–water partition coefficient (Wildman–Crippen LogP) is 4.08. The van der Waals surface area contributed by atoms with Crippen LogP contribution in [-0.2, 0) is 15.7 Å². The van der Waals surface area contributed by atoms with Crippen molar-refractivity contribution in [3.63, 3.8) is 0 Å². The molecule has 0 radical (unpaired) electrons. The summed E-state index contributed by atoms with van der Waals surface area (Å²) in [7, 11) is -2.40. The molecule has 0 amide bonds. The minimum absolute atomic E-state index is 0.0725. The normalized spacial score (nSPS) is 19.3. The van der Waals surface area contributed by atoms with Crippen molar-refractivity contribution in [3.8, 4) is 11.8 Å². The van der Waals surface area contributed by atoms with Gasteiger partial charge in [-0.1, -0.05) is 0 Å². The van der Waals surface area contributed by atoms with Crippen molar-refractivity contribution in [2.24, 2.45) is 5.92 Å². The molecule has 0 bridgehead atoms. The lowest BCUT2D eigenvalue weighted by molar-refractivity contribution is -0.131. The lowest BCUT2D eigenvalue weighted by Gasteiger charge is -2.47. The van der Waals surface area contributed by atoms with E-state index in [1.165, 1.54) is 0 Å². The summed E-state index contributed by atoms with van der Waals surface area (Å²) in [5, 5.41) is 9.16. The minimum atomic E-state index is -2.40. The van der Waals surface area contributed by atoms with Crippen LogP contribution >= 0.6 is 8.60 Å². The fourth-order valence-electron chi connectivity index (χ4n) is 3.74. The van der Waals surface area contributed by atoms with Gasteiger partial charge < -0.3 is 23.8 Å². The second kappa shape index (κ2) is 8.03. The molecule has 27 heavy (non-hydrogen) atoms. The molecule has 1 heterocycles. The van der Waals surface area contributed by atoms with Gasteiger partial charge in [-0.15, -0.1) is 0 Å². The van der Waals surface area contributed by atoms with E-state index in [0.717, 1.165) is 17.7 Å². The Labute approximate surface area is 163 Å². The maximum Gasteiger partial charge on any atom is 0.327 e. The summed E-state index contributed by atoms with van der Waals surface area (Å²) in [6.45, 7) is 12.2. The highest BCUT2D eigenvalue weighted by Gasteiger charge is 2.46. The van der Waals surface area contributed by atoms with E-state index in [1.807, 2.05) is 26.0 Å². The van der Waals surface area contributed by atoms with Gasteiger partial charge in [-0.2, -0.15) is 5.26 Å². The number of hydrogen-bond donors (Lipinski definition) is 2. The van der Waals surface area contributed by atoms with Gasteiger partial charge >= 0.3 is 8.60 Å². The van der Waals surface area contributed by atoms with Crippen molar-refractivity contribution in [1.82, 2.24) is 0 Å². The van der Waals surface area contributed by atoms with Crippen molar-refractivity contribution >= 4 is 8.60 Å². The SMILES string of the molecule is CC(C)(CCOC(C)(C)C1Cc2cc(C#N)ccc2OC1(C)C)OP(O)O. The summed E-state index contributed by atoms with van der Waals surface area (Å²) >= 11 is 0. The Morgan fingerprint density at radius 1 is 1.30 bits per heavy atom. The van der Waals surface area contributed by atoms with Gasteiger partial charge in [0.25, 0.3) is 0 Å².